The van der Waals surface area contributed by atoms with Crippen molar-refractivity contribution in [3.05, 3.63) is 29.8 Å². The highest BCUT2D eigenvalue weighted by Gasteiger charge is 2.06. The minimum Gasteiger partial charge on any atom is -0.491 e. The molecule has 1 N–H and O–H groups in total. The summed E-state index contributed by atoms with van der Waals surface area (Å²) in [5.74, 6) is 2.34. The van der Waals surface area contributed by atoms with E-state index >= 15 is 0 Å². The van der Waals surface area contributed by atoms with E-state index in [1.807, 2.05) is 0 Å². The smallest absolute Gasteiger partial charge is 0.119 e. The Morgan fingerprint density at radius 1 is 1.05 bits per heavy atom. The Kier molecular flexibility index (Phi) is 8.44. The summed E-state index contributed by atoms with van der Waals surface area (Å²) in [7, 11) is 0. The fourth-order valence-corrected chi connectivity index (χ4v) is 2.31. The predicted octanol–water partition coefficient (Wildman–Crippen LogP) is 4.99. The molecule has 0 aliphatic rings. The first kappa shape index (κ1) is 18.0. The number of nitrogens with one attached hydrogen (secondary N) is 1. The molecule has 2 atom stereocenters. The zero-order valence-electron chi connectivity index (χ0n) is 14.5. The fraction of sp³-hybridized carbons (Fsp3) is 0.684. The Balaban J connectivity index is 2.26. The van der Waals surface area contributed by atoms with E-state index in [0.717, 1.165) is 31.2 Å². The molecule has 0 spiro atoms. The van der Waals surface area contributed by atoms with Gasteiger partial charge >= 0.3 is 0 Å². The van der Waals surface area contributed by atoms with Crippen LogP contribution < -0.4 is 10.1 Å². The van der Waals surface area contributed by atoms with Crippen LogP contribution in [-0.2, 0) is 0 Å². The number of rotatable bonds is 10. The number of hydrogen-bond donors (Lipinski definition) is 1. The Morgan fingerprint density at radius 3 is 2.29 bits per heavy atom. The van der Waals surface area contributed by atoms with E-state index in [1.54, 1.807) is 0 Å². The zero-order valence-corrected chi connectivity index (χ0v) is 14.5. The summed E-state index contributed by atoms with van der Waals surface area (Å²) in [6, 6.07) is 8.60. The van der Waals surface area contributed by atoms with Gasteiger partial charge in [0.1, 0.15) is 5.75 Å². The molecule has 0 aromatic heterocycles. The first-order chi connectivity index (χ1) is 10.0. The molecule has 2 nitrogen and oxygen atoms in total. The summed E-state index contributed by atoms with van der Waals surface area (Å²) in [5.41, 5.74) is 1.40. The monoisotopic (exact) mass is 291 g/mol. The van der Waals surface area contributed by atoms with Crippen LogP contribution in [-0.4, -0.2) is 19.2 Å². The molecule has 1 aromatic carbocycles. The zero-order chi connectivity index (χ0) is 15.7. The van der Waals surface area contributed by atoms with E-state index in [-0.39, 0.29) is 6.10 Å². The molecule has 120 valence electrons. The Morgan fingerprint density at radius 2 is 1.71 bits per heavy atom. The third-order valence-electron chi connectivity index (χ3n) is 3.92. The van der Waals surface area contributed by atoms with Gasteiger partial charge in [0.25, 0.3) is 0 Å². The van der Waals surface area contributed by atoms with Crippen molar-refractivity contribution in [2.24, 2.45) is 5.92 Å². The van der Waals surface area contributed by atoms with Crippen LogP contribution in [0.1, 0.15) is 65.4 Å². The maximum Gasteiger partial charge on any atom is 0.119 e. The lowest BCUT2D eigenvalue weighted by atomic mass is 9.99. The summed E-state index contributed by atoms with van der Waals surface area (Å²) >= 11 is 0. The predicted molar refractivity (Wildman–Crippen MR) is 92.2 cm³/mol. The Hall–Kier alpha value is -1.02. The lowest BCUT2D eigenvalue weighted by Gasteiger charge is -2.16. The number of hydrogen-bond acceptors (Lipinski definition) is 2. The van der Waals surface area contributed by atoms with Crippen molar-refractivity contribution in [3.8, 4) is 5.75 Å². The van der Waals surface area contributed by atoms with Crippen molar-refractivity contribution < 1.29 is 4.74 Å². The fourth-order valence-electron chi connectivity index (χ4n) is 2.31. The van der Waals surface area contributed by atoms with Crippen LogP contribution in [0, 0.1) is 5.92 Å². The Labute approximate surface area is 131 Å². The molecule has 0 aliphatic heterocycles. The third-order valence-corrected chi connectivity index (χ3v) is 3.92. The second kappa shape index (κ2) is 9.83. The van der Waals surface area contributed by atoms with Gasteiger partial charge in [-0.25, -0.2) is 0 Å². The molecular formula is C19H33NO. The first-order valence-electron chi connectivity index (χ1n) is 8.50. The molecular weight excluding hydrogens is 258 g/mol. The van der Waals surface area contributed by atoms with Crippen molar-refractivity contribution in [1.82, 2.24) is 5.32 Å². The number of benzene rings is 1. The third kappa shape index (κ3) is 7.52. The molecule has 0 saturated heterocycles. The lowest BCUT2D eigenvalue weighted by Crippen LogP contribution is -2.22. The molecule has 2 unspecified atom stereocenters. The molecule has 0 fully saturated rings. The topological polar surface area (TPSA) is 21.3 Å². The molecule has 0 aliphatic carbocycles. The van der Waals surface area contributed by atoms with Crippen LogP contribution in [0.25, 0.3) is 0 Å². The van der Waals surface area contributed by atoms with E-state index in [9.17, 15) is 0 Å². The minimum absolute atomic E-state index is 0.278. The Bertz CT molecular complexity index is 372. The largest absolute Gasteiger partial charge is 0.491 e. The number of ether oxygens (including phenoxy) is 1. The summed E-state index contributed by atoms with van der Waals surface area (Å²) < 4.78 is 5.98. The molecule has 2 heteroatoms. The SMILES string of the molecule is CCC(C)c1ccc(OC(C)CCCNCC(C)C)cc1. The summed E-state index contributed by atoms with van der Waals surface area (Å²) in [5, 5.41) is 3.47. The van der Waals surface area contributed by atoms with Gasteiger partial charge in [-0.1, -0.05) is 39.8 Å². The van der Waals surface area contributed by atoms with Gasteiger partial charge in [0, 0.05) is 0 Å². The quantitative estimate of drug-likeness (QED) is 0.613. The molecule has 21 heavy (non-hydrogen) atoms. The average Bonchev–Trinajstić information content (AvgIpc) is 2.46. The molecule has 0 amide bonds. The maximum absolute atomic E-state index is 5.98. The molecule has 0 radical (unpaired) electrons. The van der Waals surface area contributed by atoms with Gasteiger partial charge in [-0.05, 0) is 68.8 Å². The van der Waals surface area contributed by atoms with Crippen LogP contribution in [0.5, 0.6) is 5.75 Å². The molecule has 1 aromatic rings. The van der Waals surface area contributed by atoms with Gasteiger partial charge in [-0.3, -0.25) is 0 Å². The van der Waals surface area contributed by atoms with Gasteiger partial charge < -0.3 is 10.1 Å². The highest BCUT2D eigenvalue weighted by molar-refractivity contribution is 5.29. The minimum atomic E-state index is 0.278. The van der Waals surface area contributed by atoms with Crippen molar-refractivity contribution in [2.75, 3.05) is 13.1 Å². The van der Waals surface area contributed by atoms with Crippen LogP contribution in [0.15, 0.2) is 24.3 Å². The standard InChI is InChI=1S/C19H33NO/c1-6-16(4)18-9-11-19(12-10-18)21-17(5)8-7-13-20-14-15(2)3/h9-12,15-17,20H,6-8,13-14H2,1-5H3. The maximum atomic E-state index is 5.98. The van der Waals surface area contributed by atoms with Crippen LogP contribution in [0.4, 0.5) is 0 Å². The van der Waals surface area contributed by atoms with Crippen molar-refractivity contribution >= 4 is 0 Å². The highest BCUT2D eigenvalue weighted by Crippen LogP contribution is 2.22. The van der Waals surface area contributed by atoms with E-state index in [4.69, 9.17) is 4.74 Å². The van der Waals surface area contributed by atoms with Crippen molar-refractivity contribution in [1.29, 1.82) is 0 Å². The van der Waals surface area contributed by atoms with Crippen molar-refractivity contribution in [3.63, 3.8) is 0 Å². The van der Waals surface area contributed by atoms with Crippen LogP contribution in [0.3, 0.4) is 0 Å². The summed E-state index contributed by atoms with van der Waals surface area (Å²) in [4.78, 5) is 0. The van der Waals surface area contributed by atoms with E-state index in [2.05, 4.69) is 64.2 Å². The van der Waals surface area contributed by atoms with Gasteiger partial charge in [0.05, 0.1) is 6.10 Å². The summed E-state index contributed by atoms with van der Waals surface area (Å²) in [6.07, 6.45) is 3.72. The van der Waals surface area contributed by atoms with E-state index in [1.165, 1.54) is 18.4 Å². The highest BCUT2D eigenvalue weighted by atomic mass is 16.5. The van der Waals surface area contributed by atoms with Gasteiger partial charge in [0.15, 0.2) is 0 Å². The summed E-state index contributed by atoms with van der Waals surface area (Å²) in [6.45, 7) is 13.3. The normalized spacial score (nSPS) is 14.2. The van der Waals surface area contributed by atoms with Gasteiger partial charge in [0.2, 0.25) is 0 Å². The second-order valence-electron chi connectivity index (χ2n) is 6.55. The average molecular weight is 291 g/mol. The second-order valence-corrected chi connectivity index (χ2v) is 6.55. The first-order valence-corrected chi connectivity index (χ1v) is 8.50. The molecule has 0 bridgehead atoms. The van der Waals surface area contributed by atoms with Crippen LogP contribution in [0.2, 0.25) is 0 Å². The van der Waals surface area contributed by atoms with Crippen LogP contribution >= 0.6 is 0 Å². The molecule has 0 saturated carbocycles. The molecule has 0 heterocycles. The van der Waals surface area contributed by atoms with Crippen molar-refractivity contribution in [2.45, 2.75) is 65.9 Å². The lowest BCUT2D eigenvalue weighted by molar-refractivity contribution is 0.207. The van der Waals surface area contributed by atoms with Gasteiger partial charge in [-0.2, -0.15) is 0 Å². The van der Waals surface area contributed by atoms with Gasteiger partial charge in [-0.15, -0.1) is 0 Å². The van der Waals surface area contributed by atoms with E-state index < -0.39 is 0 Å². The van der Waals surface area contributed by atoms with E-state index in [0.29, 0.717) is 5.92 Å². The molecule has 1 rings (SSSR count).